The molecular formula is C26H26N6O4S. The summed E-state index contributed by atoms with van der Waals surface area (Å²) in [7, 11) is 3.40. The molecule has 3 aromatic heterocycles. The Kier molecular flexibility index (Phi) is 6.16. The molecule has 2 N–H and O–H groups in total. The van der Waals surface area contributed by atoms with Crippen molar-refractivity contribution in [3.05, 3.63) is 53.7 Å². The van der Waals surface area contributed by atoms with Gasteiger partial charge in [0, 0.05) is 50.4 Å². The van der Waals surface area contributed by atoms with Crippen molar-refractivity contribution in [2.45, 2.75) is 32.4 Å². The van der Waals surface area contributed by atoms with Gasteiger partial charge in [-0.1, -0.05) is 0 Å². The van der Waals surface area contributed by atoms with Gasteiger partial charge in [-0.05, 0) is 49.7 Å². The van der Waals surface area contributed by atoms with Crippen molar-refractivity contribution in [2.24, 2.45) is 0 Å². The summed E-state index contributed by atoms with van der Waals surface area (Å²) in [5, 5.41) is 5.76. The van der Waals surface area contributed by atoms with E-state index < -0.39 is 5.60 Å². The summed E-state index contributed by atoms with van der Waals surface area (Å²) in [6.45, 7) is 3.68. The summed E-state index contributed by atoms with van der Waals surface area (Å²) in [5.41, 5.74) is 1.68. The number of benzene rings is 1. The van der Waals surface area contributed by atoms with Gasteiger partial charge in [-0.15, -0.1) is 11.3 Å². The molecular weight excluding hydrogens is 492 g/mol. The molecule has 3 amide bonds. The van der Waals surface area contributed by atoms with Crippen LogP contribution in [0.15, 0.2) is 48.8 Å². The van der Waals surface area contributed by atoms with Crippen molar-refractivity contribution in [1.29, 1.82) is 0 Å². The molecule has 37 heavy (non-hydrogen) atoms. The van der Waals surface area contributed by atoms with Crippen LogP contribution in [-0.4, -0.2) is 56.9 Å². The topological polar surface area (TPSA) is 118 Å². The van der Waals surface area contributed by atoms with Gasteiger partial charge in [0.25, 0.3) is 11.8 Å². The summed E-state index contributed by atoms with van der Waals surface area (Å²) in [4.78, 5) is 49.6. The minimum absolute atomic E-state index is 0.0537. The maximum Gasteiger partial charge on any atom is 0.268 e. The number of rotatable bonds is 6. The summed E-state index contributed by atoms with van der Waals surface area (Å²) < 4.78 is 7.74. The van der Waals surface area contributed by atoms with E-state index in [-0.39, 0.29) is 24.1 Å². The van der Waals surface area contributed by atoms with Crippen LogP contribution in [0.1, 0.15) is 29.9 Å². The van der Waals surface area contributed by atoms with Crippen LogP contribution in [-0.2, 0) is 16.1 Å². The highest BCUT2D eigenvalue weighted by Gasteiger charge is 2.36. The highest BCUT2D eigenvalue weighted by Crippen LogP contribution is 2.38. The molecule has 0 bridgehead atoms. The molecule has 0 unspecified atom stereocenters. The van der Waals surface area contributed by atoms with Crippen LogP contribution < -0.4 is 15.4 Å². The number of fused-ring (bicyclic) bond motifs is 2. The molecule has 0 aliphatic carbocycles. The lowest BCUT2D eigenvalue weighted by Crippen LogP contribution is -2.45. The van der Waals surface area contributed by atoms with Gasteiger partial charge < -0.3 is 19.5 Å². The maximum atomic E-state index is 13.2. The van der Waals surface area contributed by atoms with Crippen LogP contribution in [0.2, 0.25) is 0 Å². The third-order valence-corrected chi connectivity index (χ3v) is 7.21. The van der Waals surface area contributed by atoms with Gasteiger partial charge in [0.2, 0.25) is 11.9 Å². The first-order chi connectivity index (χ1) is 17.6. The molecule has 5 rings (SSSR count). The number of anilines is 2. The summed E-state index contributed by atoms with van der Waals surface area (Å²) in [5.74, 6) is 0.179. The second-order valence-corrected chi connectivity index (χ2v) is 10.5. The number of aromatic nitrogens is 3. The molecule has 0 radical (unpaired) electrons. The van der Waals surface area contributed by atoms with E-state index in [2.05, 4.69) is 20.6 Å². The number of ether oxygens (including phenoxy) is 1. The Morgan fingerprint density at radius 3 is 2.65 bits per heavy atom. The van der Waals surface area contributed by atoms with Crippen LogP contribution >= 0.6 is 11.3 Å². The van der Waals surface area contributed by atoms with E-state index in [4.69, 9.17) is 4.74 Å². The molecule has 1 aliphatic rings. The molecule has 4 heterocycles. The Morgan fingerprint density at radius 1 is 1.16 bits per heavy atom. The zero-order valence-corrected chi connectivity index (χ0v) is 21.7. The Morgan fingerprint density at radius 2 is 1.92 bits per heavy atom. The number of amides is 3. The minimum atomic E-state index is -1.03. The quantitative estimate of drug-likeness (QED) is 0.398. The maximum absolute atomic E-state index is 13.2. The van der Waals surface area contributed by atoms with E-state index in [1.165, 1.54) is 16.2 Å². The number of imidazole rings is 1. The molecule has 10 nitrogen and oxygen atoms in total. The number of hydrogen-bond acceptors (Lipinski definition) is 7. The Hall–Kier alpha value is -4.25. The van der Waals surface area contributed by atoms with Gasteiger partial charge >= 0.3 is 0 Å². The van der Waals surface area contributed by atoms with Crippen molar-refractivity contribution in [3.8, 4) is 16.2 Å². The fourth-order valence-electron chi connectivity index (χ4n) is 3.98. The summed E-state index contributed by atoms with van der Waals surface area (Å²) in [6.07, 6.45) is 3.63. The van der Waals surface area contributed by atoms with Crippen molar-refractivity contribution >= 4 is 51.7 Å². The van der Waals surface area contributed by atoms with Crippen LogP contribution in [0.4, 0.5) is 11.6 Å². The molecule has 1 aromatic carbocycles. The Labute approximate surface area is 217 Å². The average Bonchev–Trinajstić information content (AvgIpc) is 3.47. The highest BCUT2D eigenvalue weighted by molar-refractivity contribution is 7.17. The monoisotopic (exact) mass is 518 g/mol. The van der Waals surface area contributed by atoms with E-state index in [0.717, 1.165) is 10.4 Å². The van der Waals surface area contributed by atoms with Gasteiger partial charge in [-0.2, -0.15) is 0 Å². The molecule has 0 saturated heterocycles. The standard InChI is InChI=1S/C26H26N6O4S/c1-26(2)24(35)28-17-13-16-18(14-19(17)36-26)32(12-9-22(33)31(3)4)25(29-16)30-23(34)21-6-5-20(37-21)15-7-10-27-11-8-15/h5-8,10-11,13-14H,9,12H2,1-4H3,(H,28,35)(H,29,30,34). The van der Waals surface area contributed by atoms with Gasteiger partial charge in [-0.25, -0.2) is 4.98 Å². The van der Waals surface area contributed by atoms with Gasteiger partial charge in [0.05, 0.1) is 21.6 Å². The van der Waals surface area contributed by atoms with Crippen LogP contribution in [0.3, 0.4) is 0 Å². The lowest BCUT2D eigenvalue weighted by molar-refractivity contribution is -0.130. The Balaban J connectivity index is 1.49. The average molecular weight is 519 g/mol. The highest BCUT2D eigenvalue weighted by atomic mass is 32.1. The predicted molar refractivity (Wildman–Crippen MR) is 142 cm³/mol. The van der Waals surface area contributed by atoms with E-state index in [1.807, 2.05) is 18.2 Å². The summed E-state index contributed by atoms with van der Waals surface area (Å²) >= 11 is 1.36. The number of thiophene rings is 1. The van der Waals surface area contributed by atoms with Crippen LogP contribution in [0.5, 0.6) is 5.75 Å². The second-order valence-electron chi connectivity index (χ2n) is 9.38. The number of carbonyl (C=O) groups is 3. The van der Waals surface area contributed by atoms with Crippen molar-refractivity contribution in [1.82, 2.24) is 19.4 Å². The molecule has 0 fully saturated rings. The fourth-order valence-corrected chi connectivity index (χ4v) is 4.88. The molecule has 0 spiro atoms. The minimum Gasteiger partial charge on any atom is -0.476 e. The number of aryl methyl sites for hydroxylation is 1. The Bertz CT molecular complexity index is 1520. The zero-order chi connectivity index (χ0) is 26.3. The van der Waals surface area contributed by atoms with Gasteiger partial charge in [0.15, 0.2) is 5.60 Å². The van der Waals surface area contributed by atoms with Crippen LogP contribution in [0, 0.1) is 0 Å². The van der Waals surface area contributed by atoms with E-state index in [1.54, 1.807) is 63.1 Å². The SMILES string of the molecule is CN(C)C(=O)CCn1c(NC(=O)c2ccc(-c3ccncc3)s2)nc2cc3c(cc21)OC(C)(C)C(=O)N3. The van der Waals surface area contributed by atoms with Crippen molar-refractivity contribution < 1.29 is 19.1 Å². The molecule has 190 valence electrons. The van der Waals surface area contributed by atoms with Crippen LogP contribution in [0.25, 0.3) is 21.5 Å². The lowest BCUT2D eigenvalue weighted by Gasteiger charge is -2.31. The largest absolute Gasteiger partial charge is 0.476 e. The van der Waals surface area contributed by atoms with Crippen molar-refractivity contribution in [2.75, 3.05) is 24.7 Å². The predicted octanol–water partition coefficient (Wildman–Crippen LogP) is 4.00. The number of hydrogen-bond donors (Lipinski definition) is 2. The summed E-state index contributed by atoms with van der Waals surface area (Å²) in [6, 6.07) is 10.9. The number of nitrogens with zero attached hydrogens (tertiary/aromatic N) is 4. The third kappa shape index (κ3) is 4.77. The van der Waals surface area contributed by atoms with Crippen molar-refractivity contribution in [3.63, 3.8) is 0 Å². The third-order valence-electron chi connectivity index (χ3n) is 6.08. The number of carbonyl (C=O) groups excluding carboxylic acids is 3. The first kappa shape index (κ1) is 24.4. The van der Waals surface area contributed by atoms with E-state index in [9.17, 15) is 14.4 Å². The van der Waals surface area contributed by atoms with Gasteiger partial charge in [-0.3, -0.25) is 24.7 Å². The number of nitrogens with one attached hydrogen (secondary N) is 2. The zero-order valence-electron chi connectivity index (χ0n) is 20.9. The number of pyridine rings is 1. The molecule has 0 atom stereocenters. The smallest absolute Gasteiger partial charge is 0.268 e. The lowest BCUT2D eigenvalue weighted by atomic mass is 10.1. The van der Waals surface area contributed by atoms with Gasteiger partial charge in [0.1, 0.15) is 5.75 Å². The van der Waals surface area contributed by atoms with E-state index in [0.29, 0.717) is 39.8 Å². The molecule has 0 saturated carbocycles. The molecule has 4 aromatic rings. The first-order valence-corrected chi connectivity index (χ1v) is 12.5. The fraction of sp³-hybridized carbons (Fsp3) is 0.269. The second kappa shape index (κ2) is 9.32. The first-order valence-electron chi connectivity index (χ1n) is 11.7. The van der Waals surface area contributed by atoms with E-state index >= 15 is 0 Å². The normalized spacial score (nSPS) is 14.0. The molecule has 1 aliphatic heterocycles. The molecule has 11 heteroatoms.